The smallest absolute Gasteiger partial charge is 0.258 e. The first-order chi connectivity index (χ1) is 6.59. The molecular formula is C8H5ClN2O2S. The van der Waals surface area contributed by atoms with E-state index in [2.05, 4.69) is 4.37 Å². The number of nitrogens with zero attached hydrogens (tertiary/aromatic N) is 2. The molecule has 0 aliphatic rings. The summed E-state index contributed by atoms with van der Waals surface area (Å²) in [6.45, 7) is 1.82. The molecule has 1 aromatic carbocycles. The van der Waals surface area contributed by atoms with Crippen LogP contribution in [-0.2, 0) is 0 Å². The standard InChI is InChI=1S/C8H5ClN2O2S/c1-4-5-2-7(11(12)13)6(9)3-8(5)14-10-4/h2-3H,1H3. The van der Waals surface area contributed by atoms with Gasteiger partial charge in [0.25, 0.3) is 5.69 Å². The maximum Gasteiger partial charge on any atom is 0.288 e. The lowest BCUT2D eigenvalue weighted by Crippen LogP contribution is -1.88. The first-order valence-corrected chi connectivity index (χ1v) is 4.94. The highest BCUT2D eigenvalue weighted by atomic mass is 35.5. The molecule has 0 aliphatic heterocycles. The summed E-state index contributed by atoms with van der Waals surface area (Å²) >= 11 is 7.04. The van der Waals surface area contributed by atoms with Crippen molar-refractivity contribution in [3.05, 3.63) is 33.0 Å². The highest BCUT2D eigenvalue weighted by molar-refractivity contribution is 7.13. The third kappa shape index (κ3) is 1.34. The van der Waals surface area contributed by atoms with Gasteiger partial charge in [-0.3, -0.25) is 10.1 Å². The van der Waals surface area contributed by atoms with Gasteiger partial charge in [0.2, 0.25) is 0 Å². The Balaban J connectivity index is 2.80. The molecule has 0 amide bonds. The predicted octanol–water partition coefficient (Wildman–Crippen LogP) is 3.17. The second kappa shape index (κ2) is 3.18. The van der Waals surface area contributed by atoms with Crippen LogP contribution in [0.1, 0.15) is 5.69 Å². The number of nitro groups is 1. The van der Waals surface area contributed by atoms with Crippen LogP contribution in [0.25, 0.3) is 10.1 Å². The summed E-state index contributed by atoms with van der Waals surface area (Å²) < 4.78 is 4.97. The number of fused-ring (bicyclic) bond motifs is 1. The SMILES string of the molecule is Cc1nsc2cc(Cl)c([N+](=O)[O-])cc12. The Labute approximate surface area is 88.4 Å². The normalized spacial score (nSPS) is 10.7. The van der Waals surface area contributed by atoms with Crippen molar-refractivity contribution in [2.75, 3.05) is 0 Å². The second-order valence-electron chi connectivity index (χ2n) is 2.82. The fraction of sp³-hybridized carbons (Fsp3) is 0.125. The van der Waals surface area contributed by atoms with Crippen LogP contribution in [0, 0.1) is 17.0 Å². The molecule has 4 nitrogen and oxygen atoms in total. The van der Waals surface area contributed by atoms with E-state index in [0.29, 0.717) is 0 Å². The highest BCUT2D eigenvalue weighted by Gasteiger charge is 2.15. The number of rotatable bonds is 1. The Morgan fingerprint density at radius 1 is 1.57 bits per heavy atom. The van der Waals surface area contributed by atoms with Gasteiger partial charge in [-0.1, -0.05) is 11.6 Å². The van der Waals surface area contributed by atoms with Crippen LogP contribution in [0.3, 0.4) is 0 Å². The van der Waals surface area contributed by atoms with Gasteiger partial charge >= 0.3 is 0 Å². The molecular weight excluding hydrogens is 224 g/mol. The molecule has 0 bridgehead atoms. The molecule has 14 heavy (non-hydrogen) atoms. The van der Waals surface area contributed by atoms with Gasteiger partial charge in [-0.15, -0.1) is 0 Å². The molecule has 0 radical (unpaired) electrons. The summed E-state index contributed by atoms with van der Waals surface area (Å²) in [5.74, 6) is 0. The number of benzene rings is 1. The van der Waals surface area contributed by atoms with Crippen LogP contribution in [0.4, 0.5) is 5.69 Å². The van der Waals surface area contributed by atoms with Crippen molar-refractivity contribution in [3.8, 4) is 0 Å². The quantitative estimate of drug-likeness (QED) is 0.556. The minimum Gasteiger partial charge on any atom is -0.258 e. The number of nitro benzene ring substituents is 1. The van der Waals surface area contributed by atoms with E-state index in [4.69, 9.17) is 11.6 Å². The summed E-state index contributed by atoms with van der Waals surface area (Å²) in [6, 6.07) is 3.05. The summed E-state index contributed by atoms with van der Waals surface area (Å²) in [5.41, 5.74) is 0.729. The second-order valence-corrected chi connectivity index (χ2v) is 4.04. The molecule has 0 saturated carbocycles. The average Bonchev–Trinajstić information content (AvgIpc) is 2.46. The van der Waals surface area contributed by atoms with Crippen LogP contribution < -0.4 is 0 Å². The van der Waals surface area contributed by atoms with Gasteiger partial charge in [-0.2, -0.15) is 4.37 Å². The topological polar surface area (TPSA) is 56.0 Å². The van der Waals surface area contributed by atoms with E-state index in [1.165, 1.54) is 17.6 Å². The molecule has 2 aromatic rings. The lowest BCUT2D eigenvalue weighted by molar-refractivity contribution is -0.384. The maximum atomic E-state index is 10.6. The molecule has 0 unspecified atom stereocenters. The van der Waals surface area contributed by atoms with Crippen molar-refractivity contribution in [1.82, 2.24) is 4.37 Å². The minimum atomic E-state index is -0.487. The molecule has 1 heterocycles. The predicted molar refractivity (Wildman–Crippen MR) is 56.0 cm³/mol. The number of aromatic nitrogens is 1. The van der Waals surface area contributed by atoms with Crippen molar-refractivity contribution >= 4 is 38.9 Å². The van der Waals surface area contributed by atoms with Gasteiger partial charge in [0.1, 0.15) is 5.02 Å². The summed E-state index contributed by atoms with van der Waals surface area (Å²) in [5, 5.41) is 11.6. The fourth-order valence-corrected chi connectivity index (χ4v) is 2.32. The number of halogens is 1. The molecule has 1 aromatic heterocycles. The number of hydrogen-bond acceptors (Lipinski definition) is 4. The van der Waals surface area contributed by atoms with Gasteiger partial charge in [-0.05, 0) is 24.5 Å². The van der Waals surface area contributed by atoms with E-state index >= 15 is 0 Å². The first-order valence-electron chi connectivity index (χ1n) is 3.79. The third-order valence-corrected chi connectivity index (χ3v) is 3.12. The van der Waals surface area contributed by atoms with Gasteiger partial charge in [0.15, 0.2) is 0 Å². The monoisotopic (exact) mass is 228 g/mol. The molecule has 72 valence electrons. The zero-order valence-electron chi connectivity index (χ0n) is 7.15. The van der Waals surface area contributed by atoms with Gasteiger partial charge in [-0.25, -0.2) is 0 Å². The Bertz CT molecular complexity index is 523. The molecule has 2 rings (SSSR count). The van der Waals surface area contributed by atoms with Crippen molar-refractivity contribution in [2.45, 2.75) is 6.92 Å². The summed E-state index contributed by atoms with van der Waals surface area (Å²) in [6.07, 6.45) is 0. The fourth-order valence-electron chi connectivity index (χ4n) is 1.21. The van der Waals surface area contributed by atoms with Gasteiger partial charge < -0.3 is 0 Å². The van der Waals surface area contributed by atoms with Crippen LogP contribution >= 0.6 is 23.1 Å². The lowest BCUT2D eigenvalue weighted by Gasteiger charge is -1.95. The largest absolute Gasteiger partial charge is 0.288 e. The van der Waals surface area contributed by atoms with Gasteiger partial charge in [0.05, 0.1) is 15.3 Å². The van der Waals surface area contributed by atoms with Crippen LogP contribution in [-0.4, -0.2) is 9.30 Å². The zero-order valence-corrected chi connectivity index (χ0v) is 8.72. The lowest BCUT2D eigenvalue weighted by atomic mass is 10.2. The highest BCUT2D eigenvalue weighted by Crippen LogP contribution is 2.32. The molecule has 0 spiro atoms. The molecule has 0 aliphatic carbocycles. The Morgan fingerprint density at radius 3 is 2.93 bits per heavy atom. The van der Waals surface area contributed by atoms with Crippen LogP contribution in [0.2, 0.25) is 5.02 Å². The van der Waals surface area contributed by atoms with E-state index in [1.54, 1.807) is 6.07 Å². The van der Waals surface area contributed by atoms with E-state index in [9.17, 15) is 10.1 Å². The average molecular weight is 229 g/mol. The number of aryl methyl sites for hydroxylation is 1. The Kier molecular flexibility index (Phi) is 2.13. The molecule has 0 fully saturated rings. The van der Waals surface area contributed by atoms with Crippen molar-refractivity contribution in [3.63, 3.8) is 0 Å². The van der Waals surface area contributed by atoms with Gasteiger partial charge in [0, 0.05) is 11.5 Å². The first kappa shape index (κ1) is 9.36. The minimum absolute atomic E-state index is 0.0672. The molecule has 0 atom stereocenters. The van der Waals surface area contributed by atoms with Crippen molar-refractivity contribution in [2.24, 2.45) is 0 Å². The Hall–Kier alpha value is -1.20. The van der Waals surface area contributed by atoms with Crippen molar-refractivity contribution < 1.29 is 4.92 Å². The molecule has 0 N–H and O–H groups in total. The Morgan fingerprint density at radius 2 is 2.29 bits per heavy atom. The summed E-state index contributed by atoms with van der Waals surface area (Å²) in [7, 11) is 0. The van der Waals surface area contributed by atoms with Crippen LogP contribution in [0.5, 0.6) is 0 Å². The van der Waals surface area contributed by atoms with E-state index in [-0.39, 0.29) is 10.7 Å². The van der Waals surface area contributed by atoms with Crippen molar-refractivity contribution in [1.29, 1.82) is 0 Å². The molecule has 0 saturated heterocycles. The maximum absolute atomic E-state index is 10.6. The van der Waals surface area contributed by atoms with Crippen LogP contribution in [0.15, 0.2) is 12.1 Å². The number of hydrogen-bond donors (Lipinski definition) is 0. The molecule has 6 heteroatoms. The van der Waals surface area contributed by atoms with E-state index < -0.39 is 4.92 Å². The zero-order chi connectivity index (χ0) is 10.3. The summed E-state index contributed by atoms with van der Waals surface area (Å²) in [4.78, 5) is 10.1. The van der Waals surface area contributed by atoms with E-state index in [1.807, 2.05) is 6.92 Å². The third-order valence-electron chi connectivity index (χ3n) is 1.92. The van der Waals surface area contributed by atoms with E-state index in [0.717, 1.165) is 15.8 Å².